The Kier molecular flexibility index (Phi) is 5.96. The molecule has 0 fully saturated rings. The zero-order valence-corrected chi connectivity index (χ0v) is 11.4. The van der Waals surface area contributed by atoms with Crippen LogP contribution in [0.2, 0.25) is 0 Å². The fourth-order valence-corrected chi connectivity index (χ4v) is 2.12. The quantitative estimate of drug-likeness (QED) is 0.661. The third-order valence-electron chi connectivity index (χ3n) is 3.83. The fourth-order valence-electron chi connectivity index (χ4n) is 2.12. The number of hydrogen-bond acceptors (Lipinski definition) is 1. The summed E-state index contributed by atoms with van der Waals surface area (Å²) in [6, 6.07) is 4.07. The van der Waals surface area contributed by atoms with E-state index in [4.69, 9.17) is 0 Å². The second-order valence-corrected chi connectivity index (χ2v) is 5.00. The molecule has 1 rings (SSSR count). The molecular formula is C16H25N. The van der Waals surface area contributed by atoms with Gasteiger partial charge in [-0.05, 0) is 36.3 Å². The Morgan fingerprint density at radius 2 is 2.12 bits per heavy atom. The van der Waals surface area contributed by atoms with Crippen LogP contribution in [0.3, 0.4) is 0 Å². The lowest BCUT2D eigenvalue weighted by molar-refractivity contribution is 0.347. The molecule has 1 heterocycles. The monoisotopic (exact) mass is 231 g/mol. The van der Waals surface area contributed by atoms with E-state index in [1.807, 2.05) is 18.3 Å². The van der Waals surface area contributed by atoms with Crippen molar-refractivity contribution in [2.24, 2.45) is 11.8 Å². The first-order valence-corrected chi connectivity index (χ1v) is 6.75. The van der Waals surface area contributed by atoms with Gasteiger partial charge in [-0.1, -0.05) is 52.3 Å². The zero-order valence-electron chi connectivity index (χ0n) is 11.4. The number of pyridine rings is 1. The smallest absolute Gasteiger partial charge is 0.0475 e. The molecule has 94 valence electrons. The van der Waals surface area contributed by atoms with Gasteiger partial charge in [-0.2, -0.15) is 0 Å². The molecule has 0 aliphatic heterocycles. The maximum atomic E-state index is 4.44. The molecule has 17 heavy (non-hydrogen) atoms. The molecule has 0 amide bonds. The highest BCUT2D eigenvalue weighted by Crippen LogP contribution is 2.21. The van der Waals surface area contributed by atoms with Gasteiger partial charge in [0.1, 0.15) is 0 Å². The van der Waals surface area contributed by atoms with Gasteiger partial charge in [0.25, 0.3) is 0 Å². The lowest BCUT2D eigenvalue weighted by Crippen LogP contribution is -2.07. The van der Waals surface area contributed by atoms with Crippen LogP contribution in [0.5, 0.6) is 0 Å². The van der Waals surface area contributed by atoms with E-state index in [0.29, 0.717) is 0 Å². The number of nitrogens with zero attached hydrogens (tertiary/aromatic N) is 1. The minimum absolute atomic E-state index is 0.816. The molecule has 1 aromatic heterocycles. The second-order valence-electron chi connectivity index (χ2n) is 5.00. The van der Waals surface area contributed by atoms with Gasteiger partial charge in [-0.3, -0.25) is 4.98 Å². The topological polar surface area (TPSA) is 12.9 Å². The third-order valence-corrected chi connectivity index (χ3v) is 3.83. The van der Waals surface area contributed by atoms with Crippen molar-refractivity contribution in [3.63, 3.8) is 0 Å². The van der Waals surface area contributed by atoms with Gasteiger partial charge in [0, 0.05) is 11.9 Å². The van der Waals surface area contributed by atoms with Crippen molar-refractivity contribution in [2.45, 2.75) is 46.5 Å². The van der Waals surface area contributed by atoms with E-state index in [1.54, 1.807) is 0 Å². The minimum Gasteiger partial charge on any atom is -0.261 e. The summed E-state index contributed by atoms with van der Waals surface area (Å²) >= 11 is 0. The van der Waals surface area contributed by atoms with Gasteiger partial charge in [0.05, 0.1) is 0 Å². The highest BCUT2D eigenvalue weighted by Gasteiger charge is 2.10. The summed E-state index contributed by atoms with van der Waals surface area (Å²) in [4.78, 5) is 4.44. The van der Waals surface area contributed by atoms with Gasteiger partial charge < -0.3 is 0 Å². The first-order chi connectivity index (χ1) is 8.19. The van der Waals surface area contributed by atoms with Crippen LogP contribution in [0.25, 0.3) is 6.08 Å². The number of rotatable bonds is 7. The van der Waals surface area contributed by atoms with E-state index in [1.165, 1.54) is 30.5 Å². The lowest BCUT2D eigenvalue weighted by Gasteiger charge is -2.17. The van der Waals surface area contributed by atoms with Gasteiger partial charge in [0.15, 0.2) is 0 Å². The molecular weight excluding hydrogens is 206 g/mol. The minimum atomic E-state index is 0.816. The van der Waals surface area contributed by atoms with Crippen LogP contribution >= 0.6 is 0 Å². The SMILES string of the molecule is C=Cc1cccnc1CCCC(C)C(C)CC. The molecule has 1 aromatic rings. The maximum Gasteiger partial charge on any atom is 0.0475 e. The lowest BCUT2D eigenvalue weighted by atomic mass is 9.89. The van der Waals surface area contributed by atoms with Crippen molar-refractivity contribution < 1.29 is 0 Å². The summed E-state index contributed by atoms with van der Waals surface area (Å²) in [6.45, 7) is 10.8. The Morgan fingerprint density at radius 3 is 2.76 bits per heavy atom. The molecule has 0 aliphatic carbocycles. The number of aryl methyl sites for hydroxylation is 1. The molecule has 0 saturated carbocycles. The van der Waals surface area contributed by atoms with Crippen molar-refractivity contribution >= 4 is 6.08 Å². The molecule has 1 heteroatoms. The van der Waals surface area contributed by atoms with Crippen LogP contribution in [-0.2, 0) is 6.42 Å². The molecule has 2 unspecified atom stereocenters. The van der Waals surface area contributed by atoms with Crippen LogP contribution in [0, 0.1) is 11.8 Å². The van der Waals surface area contributed by atoms with E-state index in [-0.39, 0.29) is 0 Å². The molecule has 2 atom stereocenters. The largest absolute Gasteiger partial charge is 0.261 e. The van der Waals surface area contributed by atoms with E-state index < -0.39 is 0 Å². The van der Waals surface area contributed by atoms with Crippen molar-refractivity contribution in [3.05, 3.63) is 36.2 Å². The zero-order chi connectivity index (χ0) is 12.7. The highest BCUT2D eigenvalue weighted by atomic mass is 14.7. The van der Waals surface area contributed by atoms with Crippen molar-refractivity contribution in [1.29, 1.82) is 0 Å². The molecule has 0 bridgehead atoms. The van der Waals surface area contributed by atoms with E-state index in [2.05, 4.69) is 38.4 Å². The van der Waals surface area contributed by atoms with Crippen molar-refractivity contribution in [3.8, 4) is 0 Å². The molecule has 0 aliphatic rings. The van der Waals surface area contributed by atoms with Gasteiger partial charge in [-0.15, -0.1) is 0 Å². The van der Waals surface area contributed by atoms with Gasteiger partial charge >= 0.3 is 0 Å². The normalized spacial score (nSPS) is 14.3. The summed E-state index contributed by atoms with van der Waals surface area (Å²) in [6.07, 6.45) is 8.65. The maximum absolute atomic E-state index is 4.44. The average molecular weight is 231 g/mol. The number of aromatic nitrogens is 1. The fraction of sp³-hybridized carbons (Fsp3) is 0.562. The van der Waals surface area contributed by atoms with Gasteiger partial charge in [0.2, 0.25) is 0 Å². The summed E-state index contributed by atoms with van der Waals surface area (Å²) in [5.74, 6) is 1.65. The average Bonchev–Trinajstić information content (AvgIpc) is 2.38. The van der Waals surface area contributed by atoms with E-state index in [0.717, 1.165) is 18.3 Å². The Labute approximate surface area is 106 Å². The van der Waals surface area contributed by atoms with Crippen molar-refractivity contribution in [1.82, 2.24) is 4.98 Å². The second kappa shape index (κ2) is 7.26. The Morgan fingerprint density at radius 1 is 1.35 bits per heavy atom. The van der Waals surface area contributed by atoms with Crippen molar-refractivity contribution in [2.75, 3.05) is 0 Å². The Bertz CT molecular complexity index is 343. The van der Waals surface area contributed by atoms with Crippen LogP contribution in [0.15, 0.2) is 24.9 Å². The summed E-state index contributed by atoms with van der Waals surface area (Å²) < 4.78 is 0. The summed E-state index contributed by atoms with van der Waals surface area (Å²) in [5.41, 5.74) is 2.38. The third kappa shape index (κ3) is 4.33. The Hall–Kier alpha value is -1.11. The van der Waals surface area contributed by atoms with Crippen LogP contribution < -0.4 is 0 Å². The number of hydrogen-bond donors (Lipinski definition) is 0. The Balaban J connectivity index is 2.43. The first-order valence-electron chi connectivity index (χ1n) is 6.75. The van der Waals surface area contributed by atoms with Gasteiger partial charge in [-0.25, -0.2) is 0 Å². The molecule has 0 spiro atoms. The predicted molar refractivity (Wildman–Crippen MR) is 75.9 cm³/mol. The standard InChI is InChI=1S/C16H25N/c1-5-13(3)14(4)9-7-11-16-15(6-2)10-8-12-17-16/h6,8,10,12-14H,2,5,7,9,11H2,1,3-4H3. The first kappa shape index (κ1) is 14.0. The van der Waals surface area contributed by atoms with Crippen LogP contribution in [0.1, 0.15) is 51.3 Å². The molecule has 0 aromatic carbocycles. The molecule has 0 N–H and O–H groups in total. The van der Waals surface area contributed by atoms with E-state index >= 15 is 0 Å². The van der Waals surface area contributed by atoms with E-state index in [9.17, 15) is 0 Å². The molecule has 1 nitrogen and oxygen atoms in total. The van der Waals surface area contributed by atoms with Crippen LogP contribution in [0.4, 0.5) is 0 Å². The summed E-state index contributed by atoms with van der Waals surface area (Å²) in [5, 5.41) is 0. The molecule has 0 saturated heterocycles. The van der Waals surface area contributed by atoms with Crippen LogP contribution in [-0.4, -0.2) is 4.98 Å². The summed E-state index contributed by atoms with van der Waals surface area (Å²) in [7, 11) is 0. The molecule has 0 radical (unpaired) electrons. The predicted octanol–water partition coefficient (Wildman–Crippen LogP) is 4.73. The highest BCUT2D eigenvalue weighted by molar-refractivity contribution is 5.49.